The van der Waals surface area contributed by atoms with Crippen LogP contribution in [0.15, 0.2) is 48.6 Å². The number of esters is 1. The number of hydrogen-bond donors (Lipinski definition) is 2. The van der Waals surface area contributed by atoms with Crippen LogP contribution in [0, 0.1) is 0 Å². The van der Waals surface area contributed by atoms with Crippen LogP contribution in [-0.2, 0) is 27.9 Å². The Hall–Kier alpha value is -2.03. The average Bonchev–Trinajstić information content (AvgIpc) is 3.27. The quantitative estimate of drug-likeness (QED) is 0.0205. The number of ether oxygens (including phenoxy) is 1. The maximum absolute atomic E-state index is 13.4. The second-order valence-corrected chi connectivity index (χ2v) is 21.2. The third-order valence-electron chi connectivity index (χ3n) is 12.0. The molecule has 3 atom stereocenters. The number of rotatable bonds is 49. The van der Waals surface area contributed by atoms with E-state index in [0.29, 0.717) is 17.4 Å². The van der Waals surface area contributed by atoms with E-state index in [-0.39, 0.29) is 31.5 Å². The molecular weight excluding hydrogens is 844 g/mol. The summed E-state index contributed by atoms with van der Waals surface area (Å²) in [5, 5.41) is 3.03. The summed E-state index contributed by atoms with van der Waals surface area (Å²) in [5.74, 6) is -0.527. The van der Waals surface area contributed by atoms with Crippen LogP contribution in [0.5, 0.6) is 0 Å². The number of hydrogen-bond acceptors (Lipinski definition) is 6. The van der Waals surface area contributed by atoms with Gasteiger partial charge in [0.05, 0.1) is 33.8 Å². The van der Waals surface area contributed by atoms with Crippen LogP contribution < -0.4 is 5.32 Å². The van der Waals surface area contributed by atoms with E-state index < -0.39 is 20.0 Å². The van der Waals surface area contributed by atoms with Crippen molar-refractivity contribution in [1.29, 1.82) is 0 Å². The molecule has 0 spiro atoms. The average molecular weight is 950 g/mol. The number of unbranched alkanes of at least 4 members (excludes halogenated alkanes) is 27. The summed E-state index contributed by atoms with van der Waals surface area (Å²) in [4.78, 5) is 37.5. The van der Waals surface area contributed by atoms with Crippen LogP contribution in [0.25, 0.3) is 0 Å². The zero-order valence-corrected chi connectivity index (χ0v) is 44.8. The van der Waals surface area contributed by atoms with Gasteiger partial charge >= 0.3 is 13.8 Å². The predicted octanol–water partition coefficient (Wildman–Crippen LogP) is 16.2. The summed E-state index contributed by atoms with van der Waals surface area (Å²) < 4.78 is 30.5. The number of likely N-dealkylation sites (N-methyl/N-ethyl adjacent to an activating group) is 1. The summed E-state index contributed by atoms with van der Waals surface area (Å²) in [6, 6.07) is -0.855. The molecule has 0 radical (unpaired) electrons. The second-order valence-electron chi connectivity index (χ2n) is 19.7. The minimum Gasteiger partial charge on any atom is -0.456 e. The molecule has 0 aromatic rings. The van der Waals surface area contributed by atoms with E-state index in [4.69, 9.17) is 13.8 Å². The van der Waals surface area contributed by atoms with Gasteiger partial charge in [0.15, 0.2) is 0 Å². The van der Waals surface area contributed by atoms with E-state index in [1.807, 2.05) is 33.3 Å². The van der Waals surface area contributed by atoms with Crippen molar-refractivity contribution < 1.29 is 37.3 Å². The molecule has 10 heteroatoms. The van der Waals surface area contributed by atoms with Crippen LogP contribution >= 0.6 is 7.82 Å². The molecule has 0 aromatic heterocycles. The van der Waals surface area contributed by atoms with Gasteiger partial charge in [-0.05, 0) is 63.9 Å². The van der Waals surface area contributed by atoms with Crippen LogP contribution in [0.2, 0.25) is 0 Å². The molecular formula is C56H106N2O7P+. The van der Waals surface area contributed by atoms with Crippen LogP contribution in [0.3, 0.4) is 0 Å². The monoisotopic (exact) mass is 950 g/mol. The van der Waals surface area contributed by atoms with Gasteiger partial charge in [0.25, 0.3) is 0 Å². The smallest absolute Gasteiger partial charge is 0.456 e. The van der Waals surface area contributed by atoms with E-state index in [1.165, 1.54) is 122 Å². The Morgan fingerprint density at radius 2 is 0.970 bits per heavy atom. The summed E-state index contributed by atoms with van der Waals surface area (Å²) in [7, 11) is 1.48. The fourth-order valence-electron chi connectivity index (χ4n) is 7.78. The number of amides is 1. The van der Waals surface area contributed by atoms with E-state index in [1.54, 1.807) is 0 Å². The number of phosphoric ester groups is 1. The minimum atomic E-state index is -4.44. The third kappa shape index (κ3) is 47.1. The van der Waals surface area contributed by atoms with Gasteiger partial charge in [-0.25, -0.2) is 4.57 Å². The highest BCUT2D eigenvalue weighted by molar-refractivity contribution is 7.47. The Kier molecular flexibility index (Phi) is 45.3. The fraction of sp³-hybridized carbons (Fsp3) is 0.821. The molecule has 0 aliphatic rings. The Balaban J connectivity index is 5.38. The number of nitrogens with one attached hydrogen (secondary N) is 1. The molecule has 0 bridgehead atoms. The number of allylic oxidation sites excluding steroid dienone is 7. The van der Waals surface area contributed by atoms with E-state index in [2.05, 4.69) is 62.5 Å². The zero-order valence-electron chi connectivity index (χ0n) is 43.9. The standard InChI is InChI=1S/C56H105N2O7P/c1-7-10-13-16-19-22-25-27-29-31-34-37-40-43-46-49-56(60)65-54(47-44-41-38-35-32-24-21-18-15-12-9-3)53(52-64-66(61,62)63-51-50-58(4,5)6)57-55(59)48-45-42-39-36-33-30-28-26-23-20-17-14-11-8-2/h11,14,20,23,28,30,44,47,53-54H,7-10,12-13,15-19,21-22,24-27,29,31-43,45-46,48-52H2,1-6H3,(H-,57,59,61,62)/p+1/b14-11+,23-20+,30-28+,47-44+. The van der Waals surface area contributed by atoms with Crippen molar-refractivity contribution in [2.24, 2.45) is 0 Å². The Bertz CT molecular complexity index is 1280. The molecule has 0 aromatic carbocycles. The summed E-state index contributed by atoms with van der Waals surface area (Å²) in [6.45, 7) is 6.88. The lowest BCUT2D eigenvalue weighted by atomic mass is 10.0. The van der Waals surface area contributed by atoms with Crippen molar-refractivity contribution >= 4 is 19.7 Å². The van der Waals surface area contributed by atoms with Gasteiger partial charge < -0.3 is 19.4 Å². The molecule has 0 heterocycles. The predicted molar refractivity (Wildman–Crippen MR) is 282 cm³/mol. The first-order chi connectivity index (χ1) is 31.9. The lowest BCUT2D eigenvalue weighted by Gasteiger charge is -2.27. The number of carbonyl (C=O) groups excluding carboxylic acids is 2. The maximum Gasteiger partial charge on any atom is 0.472 e. The summed E-state index contributed by atoms with van der Waals surface area (Å²) in [5.41, 5.74) is 0. The SMILES string of the molecule is CC/C=C/C/C=C/C/C=C/CCCCCCC(=O)NC(COP(=O)(O)OCC[N+](C)(C)C)C(/C=C/CCCCCCCCCCC)OC(=O)CCCCCCCCCCCCCCCCC. The molecule has 9 nitrogen and oxygen atoms in total. The first kappa shape index (κ1) is 64.0. The highest BCUT2D eigenvalue weighted by Crippen LogP contribution is 2.43. The highest BCUT2D eigenvalue weighted by atomic mass is 31.2. The Morgan fingerprint density at radius 1 is 0.545 bits per heavy atom. The van der Waals surface area contributed by atoms with E-state index in [0.717, 1.165) is 89.9 Å². The lowest BCUT2D eigenvalue weighted by Crippen LogP contribution is -2.47. The van der Waals surface area contributed by atoms with Gasteiger partial charge in [-0.15, -0.1) is 0 Å². The van der Waals surface area contributed by atoms with Crippen molar-refractivity contribution in [2.75, 3.05) is 40.9 Å². The fourth-order valence-corrected chi connectivity index (χ4v) is 8.51. The van der Waals surface area contributed by atoms with Crippen molar-refractivity contribution in [3.05, 3.63) is 48.6 Å². The molecule has 0 fully saturated rings. The van der Waals surface area contributed by atoms with Gasteiger partial charge in [0.1, 0.15) is 19.3 Å². The van der Waals surface area contributed by atoms with Crippen molar-refractivity contribution in [3.8, 4) is 0 Å². The topological polar surface area (TPSA) is 111 Å². The van der Waals surface area contributed by atoms with Crippen LogP contribution in [0.1, 0.15) is 245 Å². The maximum atomic E-state index is 13.4. The van der Waals surface area contributed by atoms with Gasteiger partial charge in [-0.3, -0.25) is 18.6 Å². The molecule has 386 valence electrons. The Morgan fingerprint density at radius 3 is 1.45 bits per heavy atom. The van der Waals surface area contributed by atoms with E-state index >= 15 is 0 Å². The van der Waals surface area contributed by atoms with Crippen molar-refractivity contribution in [2.45, 2.75) is 258 Å². The van der Waals surface area contributed by atoms with Gasteiger partial charge in [-0.2, -0.15) is 0 Å². The van der Waals surface area contributed by atoms with Crippen molar-refractivity contribution in [1.82, 2.24) is 5.32 Å². The minimum absolute atomic E-state index is 0.0361. The number of carbonyl (C=O) groups is 2. The van der Waals surface area contributed by atoms with Gasteiger partial charge in [0, 0.05) is 12.8 Å². The molecule has 0 aliphatic carbocycles. The molecule has 0 saturated heterocycles. The van der Waals surface area contributed by atoms with Gasteiger partial charge in [0.2, 0.25) is 5.91 Å². The normalized spacial score (nSPS) is 14.2. The number of quaternary nitrogens is 1. The zero-order chi connectivity index (χ0) is 48.7. The first-order valence-corrected chi connectivity index (χ1v) is 29.0. The summed E-state index contributed by atoms with van der Waals surface area (Å²) in [6.07, 6.45) is 55.3. The number of nitrogens with zero attached hydrogens (tertiary/aromatic N) is 1. The molecule has 0 aliphatic heterocycles. The first-order valence-electron chi connectivity index (χ1n) is 27.5. The molecule has 0 saturated carbocycles. The van der Waals surface area contributed by atoms with Crippen LogP contribution in [-0.4, -0.2) is 74.3 Å². The van der Waals surface area contributed by atoms with Crippen LogP contribution in [0.4, 0.5) is 0 Å². The van der Waals surface area contributed by atoms with Gasteiger partial charge in [-0.1, -0.05) is 217 Å². The molecule has 2 N–H and O–H groups in total. The highest BCUT2D eigenvalue weighted by Gasteiger charge is 2.30. The summed E-state index contributed by atoms with van der Waals surface area (Å²) >= 11 is 0. The van der Waals surface area contributed by atoms with E-state index in [9.17, 15) is 19.0 Å². The van der Waals surface area contributed by atoms with Crippen molar-refractivity contribution in [3.63, 3.8) is 0 Å². The third-order valence-corrected chi connectivity index (χ3v) is 13.0. The molecule has 66 heavy (non-hydrogen) atoms. The Labute approximate surface area is 408 Å². The largest absolute Gasteiger partial charge is 0.472 e. The molecule has 1 amide bonds. The second kappa shape index (κ2) is 46.7. The number of phosphoric acid groups is 1. The molecule has 3 unspecified atom stereocenters. The lowest BCUT2D eigenvalue weighted by molar-refractivity contribution is -0.870. The molecule has 0 rings (SSSR count).